The molecule has 0 aliphatic carbocycles. The van der Waals surface area contributed by atoms with E-state index in [1.807, 2.05) is 24.3 Å². The van der Waals surface area contributed by atoms with E-state index >= 15 is 0 Å². The van der Waals surface area contributed by atoms with E-state index in [0.29, 0.717) is 19.4 Å². The van der Waals surface area contributed by atoms with E-state index in [4.69, 9.17) is 9.72 Å². The second-order valence-electron chi connectivity index (χ2n) is 9.40. The number of aromatic amines is 1. The van der Waals surface area contributed by atoms with E-state index in [1.165, 1.54) is 13.2 Å². The summed E-state index contributed by atoms with van der Waals surface area (Å²) in [5.74, 6) is -0.541. The van der Waals surface area contributed by atoms with Crippen LogP contribution < -0.4 is 4.74 Å². The Hall–Kier alpha value is -3.49. The van der Waals surface area contributed by atoms with Crippen molar-refractivity contribution in [3.8, 4) is 5.75 Å². The van der Waals surface area contributed by atoms with Gasteiger partial charge in [-0.1, -0.05) is 24.3 Å². The van der Waals surface area contributed by atoms with Crippen molar-refractivity contribution in [2.45, 2.75) is 26.3 Å². The van der Waals surface area contributed by atoms with E-state index in [1.54, 1.807) is 17.9 Å². The molecular formula is C27H28FN3O4. The van der Waals surface area contributed by atoms with E-state index in [-0.39, 0.29) is 18.2 Å². The Morgan fingerprint density at radius 2 is 2.00 bits per heavy atom. The van der Waals surface area contributed by atoms with Crippen LogP contribution in [0.1, 0.15) is 29.4 Å². The Kier molecular flexibility index (Phi) is 5.94. The molecule has 0 radical (unpaired) electrons. The van der Waals surface area contributed by atoms with Gasteiger partial charge in [0.1, 0.15) is 0 Å². The maximum absolute atomic E-state index is 14.4. The number of aliphatic hydroxyl groups is 2. The molecule has 0 atom stereocenters. The summed E-state index contributed by atoms with van der Waals surface area (Å²) < 4.78 is 19.4. The lowest BCUT2D eigenvalue weighted by Crippen LogP contribution is -2.48. The van der Waals surface area contributed by atoms with Crippen molar-refractivity contribution in [2.24, 2.45) is 5.41 Å². The molecular weight excluding hydrogens is 449 g/mol. The number of nitrogens with zero attached hydrogens (tertiary/aromatic N) is 2. The number of hydrogen-bond acceptors (Lipinski definition) is 5. The summed E-state index contributed by atoms with van der Waals surface area (Å²) in [5.41, 5.74) is 4.05. The lowest BCUT2D eigenvalue weighted by Gasteiger charge is -2.35. The normalized spacial score (nSPS) is 13.9. The largest absolute Gasteiger partial charge is 0.494 e. The molecule has 0 fully saturated rings. The molecule has 1 amide bonds. The van der Waals surface area contributed by atoms with E-state index in [9.17, 15) is 19.4 Å². The number of carbonyl (C=O) groups is 1. The van der Waals surface area contributed by atoms with Crippen LogP contribution in [0.2, 0.25) is 0 Å². The van der Waals surface area contributed by atoms with Crippen LogP contribution in [-0.4, -0.2) is 57.9 Å². The first-order valence-corrected chi connectivity index (χ1v) is 11.6. The number of rotatable bonds is 6. The lowest BCUT2D eigenvalue weighted by molar-refractivity contribution is -0.147. The van der Waals surface area contributed by atoms with Crippen LogP contribution in [0.25, 0.3) is 21.8 Å². The molecule has 0 saturated carbocycles. The van der Waals surface area contributed by atoms with Gasteiger partial charge in [-0.05, 0) is 42.7 Å². The first kappa shape index (κ1) is 23.3. The summed E-state index contributed by atoms with van der Waals surface area (Å²) in [5, 5.41) is 21.6. The molecule has 1 aliphatic rings. The second-order valence-corrected chi connectivity index (χ2v) is 9.40. The number of hydrogen-bond donors (Lipinski definition) is 3. The molecule has 5 rings (SSSR count). The van der Waals surface area contributed by atoms with Crippen molar-refractivity contribution in [3.05, 3.63) is 70.8 Å². The third kappa shape index (κ3) is 3.92. The Bertz CT molecular complexity index is 1430. The van der Waals surface area contributed by atoms with Gasteiger partial charge >= 0.3 is 0 Å². The molecule has 0 unspecified atom stereocenters. The van der Waals surface area contributed by atoms with E-state index < -0.39 is 24.4 Å². The maximum Gasteiger partial charge on any atom is 0.233 e. The summed E-state index contributed by atoms with van der Waals surface area (Å²) in [6.07, 6.45) is 1.01. The van der Waals surface area contributed by atoms with Crippen LogP contribution in [0.15, 0.2) is 42.5 Å². The van der Waals surface area contributed by atoms with Gasteiger partial charge < -0.3 is 24.8 Å². The van der Waals surface area contributed by atoms with Crippen molar-refractivity contribution >= 4 is 27.7 Å². The molecule has 2 aromatic carbocycles. The molecule has 182 valence electrons. The number of pyridine rings is 1. The molecule has 3 heterocycles. The number of amides is 1. The van der Waals surface area contributed by atoms with Crippen molar-refractivity contribution < 1.29 is 24.1 Å². The van der Waals surface area contributed by atoms with Crippen LogP contribution in [0.5, 0.6) is 5.75 Å². The van der Waals surface area contributed by atoms with Crippen LogP contribution in [0, 0.1) is 11.2 Å². The molecule has 0 saturated heterocycles. The highest BCUT2D eigenvalue weighted by molar-refractivity contribution is 6.10. The standard InChI is InChI=1S/C27H28FN3O4/c1-27(14-32,15-33)26(34)31-10-9-18-22(13-31)29-21(12-16-7-8-23(35-2)19(28)11-16)25-24(18)17-5-3-4-6-20(17)30-25/h3-8,11,30,32-33H,9-10,12-15H2,1-2H3. The zero-order valence-electron chi connectivity index (χ0n) is 19.8. The minimum Gasteiger partial charge on any atom is -0.494 e. The number of benzene rings is 2. The van der Waals surface area contributed by atoms with Gasteiger partial charge in [-0.25, -0.2) is 4.39 Å². The van der Waals surface area contributed by atoms with Gasteiger partial charge in [-0.3, -0.25) is 9.78 Å². The van der Waals surface area contributed by atoms with Gasteiger partial charge in [-0.15, -0.1) is 0 Å². The van der Waals surface area contributed by atoms with E-state index in [2.05, 4.69) is 11.1 Å². The second kappa shape index (κ2) is 8.94. The number of methoxy groups -OCH3 is 1. The first-order chi connectivity index (χ1) is 16.9. The molecule has 35 heavy (non-hydrogen) atoms. The SMILES string of the molecule is COc1ccc(Cc2nc3c(c4c2[nH]c2ccccc24)CCN(C(=O)C(C)(CO)CO)C3)cc1F. The molecule has 8 heteroatoms. The van der Waals surface area contributed by atoms with Gasteiger partial charge in [0.15, 0.2) is 11.6 Å². The molecule has 3 N–H and O–H groups in total. The topological polar surface area (TPSA) is 98.7 Å². The number of nitrogens with one attached hydrogen (secondary N) is 1. The van der Waals surface area contributed by atoms with Crippen molar-refractivity contribution in [1.82, 2.24) is 14.9 Å². The average molecular weight is 478 g/mol. The Balaban J connectivity index is 1.62. The smallest absolute Gasteiger partial charge is 0.233 e. The highest BCUT2D eigenvalue weighted by Gasteiger charge is 2.37. The van der Waals surface area contributed by atoms with Gasteiger partial charge in [0.2, 0.25) is 5.91 Å². The third-order valence-electron chi connectivity index (χ3n) is 6.98. The maximum atomic E-state index is 14.4. The lowest BCUT2D eigenvalue weighted by atomic mass is 9.89. The number of aromatic nitrogens is 2. The zero-order chi connectivity index (χ0) is 24.7. The monoisotopic (exact) mass is 477 g/mol. The highest BCUT2D eigenvalue weighted by Crippen LogP contribution is 2.36. The van der Waals surface area contributed by atoms with Crippen molar-refractivity contribution in [3.63, 3.8) is 0 Å². The number of aliphatic hydroxyl groups excluding tert-OH is 2. The predicted octanol–water partition coefficient (Wildman–Crippen LogP) is 3.33. The fourth-order valence-electron chi connectivity index (χ4n) is 4.89. The van der Waals surface area contributed by atoms with Crippen LogP contribution in [-0.2, 0) is 24.2 Å². The number of carbonyl (C=O) groups excluding carboxylic acids is 1. The molecule has 0 bridgehead atoms. The number of para-hydroxylation sites is 1. The molecule has 1 aliphatic heterocycles. The minimum atomic E-state index is -1.24. The highest BCUT2D eigenvalue weighted by atomic mass is 19.1. The summed E-state index contributed by atoms with van der Waals surface area (Å²) in [6.45, 7) is 1.44. The quantitative estimate of drug-likeness (QED) is 0.396. The van der Waals surface area contributed by atoms with Crippen LogP contribution >= 0.6 is 0 Å². The van der Waals surface area contributed by atoms with Gasteiger partial charge in [0.25, 0.3) is 0 Å². The molecule has 2 aromatic heterocycles. The number of ether oxygens (including phenoxy) is 1. The average Bonchev–Trinajstić information content (AvgIpc) is 3.28. The summed E-state index contributed by atoms with van der Waals surface area (Å²) in [7, 11) is 1.43. The molecule has 0 spiro atoms. The summed E-state index contributed by atoms with van der Waals surface area (Å²) in [4.78, 5) is 23.2. The molecule has 4 aromatic rings. The van der Waals surface area contributed by atoms with Crippen LogP contribution in [0.4, 0.5) is 4.39 Å². The Morgan fingerprint density at radius 1 is 1.23 bits per heavy atom. The third-order valence-corrected chi connectivity index (χ3v) is 6.98. The number of H-pyrrole nitrogens is 1. The van der Waals surface area contributed by atoms with Gasteiger partial charge in [0.05, 0.1) is 49.2 Å². The fraction of sp³-hybridized carbons (Fsp3) is 0.333. The Labute approximate surface area is 202 Å². The van der Waals surface area contributed by atoms with Crippen molar-refractivity contribution in [2.75, 3.05) is 26.9 Å². The summed E-state index contributed by atoms with van der Waals surface area (Å²) >= 11 is 0. The predicted molar refractivity (Wildman–Crippen MR) is 131 cm³/mol. The van der Waals surface area contributed by atoms with Gasteiger partial charge in [0, 0.05) is 29.3 Å². The van der Waals surface area contributed by atoms with Gasteiger partial charge in [-0.2, -0.15) is 0 Å². The van der Waals surface area contributed by atoms with E-state index in [0.717, 1.165) is 44.3 Å². The van der Waals surface area contributed by atoms with Crippen molar-refractivity contribution in [1.29, 1.82) is 0 Å². The summed E-state index contributed by atoms with van der Waals surface area (Å²) in [6, 6.07) is 12.9. The number of fused-ring (bicyclic) bond motifs is 5. The first-order valence-electron chi connectivity index (χ1n) is 11.6. The fourth-order valence-corrected chi connectivity index (χ4v) is 4.89. The molecule has 7 nitrogen and oxygen atoms in total. The minimum absolute atomic E-state index is 0.188. The zero-order valence-corrected chi connectivity index (χ0v) is 19.8. The Morgan fingerprint density at radius 3 is 2.71 bits per heavy atom. The van der Waals surface area contributed by atoms with Crippen LogP contribution in [0.3, 0.4) is 0 Å². The number of halogens is 1.